The van der Waals surface area contributed by atoms with Crippen LogP contribution >= 0.6 is 11.8 Å². The van der Waals surface area contributed by atoms with E-state index in [1.54, 1.807) is 0 Å². The van der Waals surface area contributed by atoms with Crippen molar-refractivity contribution in [1.82, 2.24) is 10.6 Å². The van der Waals surface area contributed by atoms with Crippen molar-refractivity contribution < 1.29 is 9.59 Å². The first-order valence-corrected chi connectivity index (χ1v) is 12.5. The summed E-state index contributed by atoms with van der Waals surface area (Å²) in [6.07, 6.45) is 8.60. The molecule has 0 atom stereocenters. The Kier molecular flexibility index (Phi) is 6.84. The van der Waals surface area contributed by atoms with Gasteiger partial charge in [0.25, 0.3) is 0 Å². The lowest BCUT2D eigenvalue weighted by Crippen LogP contribution is -2.53. The summed E-state index contributed by atoms with van der Waals surface area (Å²) in [6.45, 7) is 1.33. The van der Waals surface area contributed by atoms with E-state index in [9.17, 15) is 9.59 Å². The van der Waals surface area contributed by atoms with E-state index in [1.807, 2.05) is 17.8 Å². The van der Waals surface area contributed by atoms with Crippen LogP contribution in [0.2, 0.25) is 0 Å². The molecule has 4 aliphatic rings. The van der Waals surface area contributed by atoms with Crippen molar-refractivity contribution in [1.29, 1.82) is 0 Å². The number of hydrogen-bond acceptors (Lipinski definition) is 3. The molecule has 0 unspecified atom stereocenters. The summed E-state index contributed by atoms with van der Waals surface area (Å²) in [5.41, 5.74) is 1.24. The fourth-order valence-electron chi connectivity index (χ4n) is 6.14. The van der Waals surface area contributed by atoms with Gasteiger partial charge in [-0.2, -0.15) is 11.8 Å². The minimum absolute atomic E-state index is 0.0764. The predicted molar refractivity (Wildman–Crippen MR) is 118 cm³/mol. The summed E-state index contributed by atoms with van der Waals surface area (Å²) in [6, 6.07) is 10.4. The zero-order valence-electron chi connectivity index (χ0n) is 17.3. The van der Waals surface area contributed by atoms with Gasteiger partial charge in [-0.15, -0.1) is 0 Å². The Hall–Kier alpha value is -1.49. The zero-order chi connectivity index (χ0) is 20.1. The summed E-state index contributed by atoms with van der Waals surface area (Å²) in [5, 5.41) is 6.16. The number of carbonyl (C=O) groups is 2. The van der Waals surface area contributed by atoms with Crippen LogP contribution in [0.3, 0.4) is 0 Å². The van der Waals surface area contributed by atoms with Gasteiger partial charge in [-0.3, -0.25) is 9.59 Å². The van der Waals surface area contributed by atoms with Gasteiger partial charge in [0, 0.05) is 36.4 Å². The quantitative estimate of drug-likeness (QED) is 0.566. The fourth-order valence-corrected chi connectivity index (χ4v) is 6.96. The Morgan fingerprint density at radius 3 is 2.24 bits per heavy atom. The maximum Gasteiger partial charge on any atom is 0.226 e. The minimum atomic E-state index is -0.0764. The van der Waals surface area contributed by atoms with Crippen molar-refractivity contribution in [3.63, 3.8) is 0 Å². The van der Waals surface area contributed by atoms with E-state index in [2.05, 4.69) is 34.9 Å². The molecule has 4 nitrogen and oxygen atoms in total. The molecule has 0 aliphatic heterocycles. The van der Waals surface area contributed by atoms with Crippen LogP contribution in [0, 0.1) is 23.2 Å². The normalized spacial score (nSPS) is 29.6. The van der Waals surface area contributed by atoms with Gasteiger partial charge in [0.15, 0.2) is 0 Å². The first-order valence-electron chi connectivity index (χ1n) is 11.3. The Morgan fingerprint density at radius 1 is 0.931 bits per heavy atom. The molecule has 5 heteroatoms. The average molecular weight is 415 g/mol. The summed E-state index contributed by atoms with van der Waals surface area (Å²) in [4.78, 5) is 24.9. The monoisotopic (exact) mass is 414 g/mol. The number of rotatable bonds is 10. The lowest BCUT2D eigenvalue weighted by atomic mass is 9.49. The summed E-state index contributed by atoms with van der Waals surface area (Å²) >= 11 is 1.84. The number of carbonyl (C=O) groups excluding carboxylic acids is 2. The second kappa shape index (κ2) is 9.55. The molecule has 158 valence electrons. The van der Waals surface area contributed by atoms with Crippen molar-refractivity contribution in [2.24, 2.45) is 23.2 Å². The first kappa shape index (κ1) is 20.8. The standard InChI is InChI=1S/C24H34N2O2S/c27-22(25-9-10-29-17-18-5-2-1-3-6-18)7-4-8-26-23(28)24-14-19-11-20(15-24)13-21(12-19)16-24/h1-3,5-6,19-21H,4,7-17H2,(H,25,27)(H,26,28). The van der Waals surface area contributed by atoms with E-state index in [0.717, 1.165) is 54.9 Å². The van der Waals surface area contributed by atoms with E-state index >= 15 is 0 Å². The van der Waals surface area contributed by atoms with Gasteiger partial charge in [-0.1, -0.05) is 30.3 Å². The second-order valence-corrected chi connectivity index (χ2v) is 10.6. The molecule has 4 fully saturated rings. The molecule has 4 bridgehead atoms. The second-order valence-electron chi connectivity index (χ2n) is 9.45. The smallest absolute Gasteiger partial charge is 0.226 e. The van der Waals surface area contributed by atoms with Gasteiger partial charge in [0.1, 0.15) is 0 Å². The average Bonchev–Trinajstić information content (AvgIpc) is 2.70. The minimum Gasteiger partial charge on any atom is -0.356 e. The molecule has 2 amide bonds. The lowest BCUT2D eigenvalue weighted by Gasteiger charge is -2.55. The first-order chi connectivity index (χ1) is 14.1. The third-order valence-corrected chi connectivity index (χ3v) is 8.10. The largest absolute Gasteiger partial charge is 0.356 e. The molecule has 0 aromatic heterocycles. The number of nitrogens with one attached hydrogen (secondary N) is 2. The van der Waals surface area contributed by atoms with Gasteiger partial charge >= 0.3 is 0 Å². The molecule has 29 heavy (non-hydrogen) atoms. The van der Waals surface area contributed by atoms with Crippen LogP contribution in [-0.2, 0) is 15.3 Å². The molecule has 2 N–H and O–H groups in total. The molecule has 4 aliphatic carbocycles. The maximum atomic E-state index is 12.9. The van der Waals surface area contributed by atoms with Gasteiger partial charge in [0.2, 0.25) is 11.8 Å². The number of hydrogen-bond donors (Lipinski definition) is 2. The van der Waals surface area contributed by atoms with Gasteiger partial charge in [-0.05, 0) is 68.3 Å². The van der Waals surface area contributed by atoms with Crippen molar-refractivity contribution in [2.75, 3.05) is 18.8 Å². The SMILES string of the molecule is O=C(CCCNC(=O)C12CC3CC(CC(C3)C1)C2)NCCSCc1ccccc1. The number of amides is 2. The number of thioether (sulfide) groups is 1. The van der Waals surface area contributed by atoms with Crippen molar-refractivity contribution in [2.45, 2.75) is 57.1 Å². The topological polar surface area (TPSA) is 58.2 Å². The van der Waals surface area contributed by atoms with Crippen LogP contribution in [-0.4, -0.2) is 30.7 Å². The summed E-state index contributed by atoms with van der Waals surface area (Å²) in [7, 11) is 0. The van der Waals surface area contributed by atoms with Gasteiger partial charge in [0.05, 0.1) is 0 Å². The molecular formula is C24H34N2O2S. The van der Waals surface area contributed by atoms with Crippen LogP contribution in [0.1, 0.15) is 56.9 Å². The van der Waals surface area contributed by atoms with Crippen LogP contribution in [0.25, 0.3) is 0 Å². The van der Waals surface area contributed by atoms with E-state index in [-0.39, 0.29) is 17.2 Å². The zero-order valence-corrected chi connectivity index (χ0v) is 18.1. The Balaban J connectivity index is 1.06. The highest BCUT2D eigenvalue weighted by Crippen LogP contribution is 2.60. The Labute approximate surface area is 179 Å². The maximum absolute atomic E-state index is 12.9. The van der Waals surface area contributed by atoms with Gasteiger partial charge < -0.3 is 10.6 Å². The fraction of sp³-hybridized carbons (Fsp3) is 0.667. The van der Waals surface area contributed by atoms with Crippen LogP contribution < -0.4 is 10.6 Å². The highest BCUT2D eigenvalue weighted by Gasteiger charge is 2.54. The molecule has 1 aromatic carbocycles. The molecule has 1 aromatic rings. The molecule has 0 heterocycles. The molecule has 0 spiro atoms. The van der Waals surface area contributed by atoms with Crippen LogP contribution in [0.4, 0.5) is 0 Å². The van der Waals surface area contributed by atoms with E-state index in [0.29, 0.717) is 19.5 Å². The summed E-state index contributed by atoms with van der Waals surface area (Å²) in [5.74, 6) is 4.63. The Bertz CT molecular complexity index is 671. The third kappa shape index (κ3) is 5.36. The van der Waals surface area contributed by atoms with Crippen LogP contribution in [0.5, 0.6) is 0 Å². The van der Waals surface area contributed by atoms with E-state index in [4.69, 9.17) is 0 Å². The number of benzene rings is 1. The van der Waals surface area contributed by atoms with Crippen molar-refractivity contribution in [3.8, 4) is 0 Å². The molecular weight excluding hydrogens is 380 g/mol. The lowest BCUT2D eigenvalue weighted by molar-refractivity contribution is -0.146. The van der Waals surface area contributed by atoms with Crippen LogP contribution in [0.15, 0.2) is 30.3 Å². The van der Waals surface area contributed by atoms with Crippen molar-refractivity contribution >= 4 is 23.6 Å². The highest BCUT2D eigenvalue weighted by molar-refractivity contribution is 7.98. The Morgan fingerprint density at radius 2 is 1.59 bits per heavy atom. The molecule has 4 saturated carbocycles. The van der Waals surface area contributed by atoms with E-state index < -0.39 is 0 Å². The van der Waals surface area contributed by atoms with E-state index in [1.165, 1.54) is 24.8 Å². The molecule has 0 saturated heterocycles. The third-order valence-electron chi connectivity index (χ3n) is 7.07. The molecule has 0 radical (unpaired) electrons. The molecule has 5 rings (SSSR count). The predicted octanol–water partition coefficient (Wildman–Crippen LogP) is 4.15. The van der Waals surface area contributed by atoms with Gasteiger partial charge in [-0.25, -0.2) is 0 Å². The van der Waals surface area contributed by atoms with Crippen molar-refractivity contribution in [3.05, 3.63) is 35.9 Å². The highest BCUT2D eigenvalue weighted by atomic mass is 32.2. The summed E-state index contributed by atoms with van der Waals surface area (Å²) < 4.78 is 0.